The van der Waals surface area contributed by atoms with Crippen molar-refractivity contribution in [2.24, 2.45) is 11.7 Å². The minimum Gasteiger partial charge on any atom is -0.328 e. The third-order valence-corrected chi connectivity index (χ3v) is 6.17. The molecule has 0 bridgehead atoms. The van der Waals surface area contributed by atoms with E-state index < -0.39 is 10.0 Å². The van der Waals surface area contributed by atoms with Gasteiger partial charge in [0.1, 0.15) is 0 Å². The van der Waals surface area contributed by atoms with Gasteiger partial charge in [-0.15, -0.1) is 0 Å². The molecule has 20 heavy (non-hydrogen) atoms. The van der Waals surface area contributed by atoms with Crippen LogP contribution in [0.5, 0.6) is 0 Å². The number of rotatable bonds is 3. The van der Waals surface area contributed by atoms with Crippen molar-refractivity contribution in [1.29, 1.82) is 0 Å². The Bertz CT molecular complexity index is 587. The van der Waals surface area contributed by atoms with Gasteiger partial charge in [0.05, 0.1) is 4.90 Å². The number of piperidine rings is 1. The van der Waals surface area contributed by atoms with E-state index in [1.165, 1.54) is 6.07 Å². The van der Waals surface area contributed by atoms with Gasteiger partial charge in [0.2, 0.25) is 10.0 Å². The number of benzene rings is 1. The predicted octanol–water partition coefficient (Wildman–Crippen LogP) is 2.40. The summed E-state index contributed by atoms with van der Waals surface area (Å²) in [6, 6.07) is 4.98. The molecule has 2 rings (SSSR count). The molecule has 0 unspecified atom stereocenters. The Labute approximate surface area is 126 Å². The van der Waals surface area contributed by atoms with Crippen molar-refractivity contribution < 1.29 is 8.42 Å². The number of nitrogens with zero attached hydrogens (tertiary/aromatic N) is 1. The molecule has 2 N–H and O–H groups in total. The Morgan fingerprint density at radius 3 is 2.80 bits per heavy atom. The van der Waals surface area contributed by atoms with Gasteiger partial charge in [-0.2, -0.15) is 4.31 Å². The van der Waals surface area contributed by atoms with Crippen LogP contribution in [0, 0.1) is 12.8 Å². The number of hydrogen-bond donors (Lipinski definition) is 1. The van der Waals surface area contributed by atoms with Gasteiger partial charge in [-0.05, 0) is 50.3 Å². The molecule has 2 atom stereocenters. The van der Waals surface area contributed by atoms with Gasteiger partial charge in [-0.25, -0.2) is 8.42 Å². The molecule has 0 saturated carbocycles. The summed E-state index contributed by atoms with van der Waals surface area (Å²) in [5, 5.41) is 0.440. The van der Waals surface area contributed by atoms with E-state index in [4.69, 9.17) is 17.3 Å². The molecular weight excluding hydrogens is 296 g/mol. The van der Waals surface area contributed by atoms with Crippen molar-refractivity contribution in [1.82, 2.24) is 4.31 Å². The first-order chi connectivity index (χ1) is 9.32. The standard InChI is InChI=1S/C14H21ClN2O2S/c1-10-5-6-13(15)8-14(10)20(18,19)17-7-3-4-12(9-17)11(2)16/h5-6,8,11-12H,3-4,7,9,16H2,1-2H3/t11-,12-/m0/s1. The molecule has 1 aliphatic heterocycles. The maximum Gasteiger partial charge on any atom is 0.243 e. The monoisotopic (exact) mass is 316 g/mol. The maximum absolute atomic E-state index is 12.8. The van der Waals surface area contributed by atoms with Crippen molar-refractivity contribution >= 4 is 21.6 Å². The minimum absolute atomic E-state index is 0.00783. The number of hydrogen-bond acceptors (Lipinski definition) is 3. The van der Waals surface area contributed by atoms with E-state index in [0.29, 0.717) is 23.0 Å². The van der Waals surface area contributed by atoms with Crippen molar-refractivity contribution in [3.8, 4) is 0 Å². The number of nitrogens with two attached hydrogens (primary N) is 1. The van der Waals surface area contributed by atoms with Crippen molar-refractivity contribution in [2.75, 3.05) is 13.1 Å². The van der Waals surface area contributed by atoms with Crippen molar-refractivity contribution in [2.45, 2.75) is 37.6 Å². The second-order valence-electron chi connectivity index (χ2n) is 5.53. The van der Waals surface area contributed by atoms with Gasteiger partial charge in [-0.3, -0.25) is 0 Å². The van der Waals surface area contributed by atoms with Crippen LogP contribution in [-0.2, 0) is 10.0 Å². The summed E-state index contributed by atoms with van der Waals surface area (Å²) in [6.07, 6.45) is 1.84. The minimum atomic E-state index is -3.49. The lowest BCUT2D eigenvalue weighted by atomic mass is 9.93. The van der Waals surface area contributed by atoms with Gasteiger partial charge in [-0.1, -0.05) is 17.7 Å². The fraction of sp³-hybridized carbons (Fsp3) is 0.571. The van der Waals surface area contributed by atoms with Gasteiger partial charge in [0.25, 0.3) is 0 Å². The van der Waals surface area contributed by atoms with E-state index >= 15 is 0 Å². The Kier molecular flexibility index (Phi) is 4.74. The Balaban J connectivity index is 2.32. The molecule has 112 valence electrons. The molecule has 6 heteroatoms. The lowest BCUT2D eigenvalue weighted by Crippen LogP contribution is -2.45. The maximum atomic E-state index is 12.8. The molecular formula is C14H21ClN2O2S. The van der Waals surface area contributed by atoms with E-state index in [1.807, 2.05) is 6.92 Å². The summed E-state index contributed by atoms with van der Waals surface area (Å²) >= 11 is 5.94. The van der Waals surface area contributed by atoms with E-state index in [-0.39, 0.29) is 12.0 Å². The zero-order valence-electron chi connectivity index (χ0n) is 11.8. The lowest BCUT2D eigenvalue weighted by Gasteiger charge is -2.34. The second kappa shape index (κ2) is 6.02. The zero-order valence-corrected chi connectivity index (χ0v) is 13.4. The third-order valence-electron chi connectivity index (χ3n) is 3.93. The van der Waals surface area contributed by atoms with E-state index in [0.717, 1.165) is 18.4 Å². The molecule has 0 amide bonds. The first kappa shape index (κ1) is 15.8. The van der Waals surface area contributed by atoms with Gasteiger partial charge >= 0.3 is 0 Å². The van der Waals surface area contributed by atoms with E-state index in [2.05, 4.69) is 0 Å². The van der Waals surface area contributed by atoms with E-state index in [1.54, 1.807) is 23.4 Å². The Morgan fingerprint density at radius 2 is 2.15 bits per heavy atom. The van der Waals surface area contributed by atoms with Gasteiger partial charge in [0, 0.05) is 24.2 Å². The largest absolute Gasteiger partial charge is 0.328 e. The summed E-state index contributed by atoms with van der Waals surface area (Å²) in [4.78, 5) is 0.301. The fourth-order valence-electron chi connectivity index (χ4n) is 2.61. The fourth-order valence-corrected chi connectivity index (χ4v) is 4.64. The molecule has 1 aromatic rings. The predicted molar refractivity (Wildman–Crippen MR) is 81.3 cm³/mol. The molecule has 0 aliphatic carbocycles. The van der Waals surface area contributed by atoms with E-state index in [9.17, 15) is 8.42 Å². The first-order valence-electron chi connectivity index (χ1n) is 6.84. The van der Waals surface area contributed by atoms with Crippen LogP contribution in [-0.4, -0.2) is 31.9 Å². The van der Waals surface area contributed by atoms with Crippen molar-refractivity contribution in [3.05, 3.63) is 28.8 Å². The van der Waals surface area contributed by atoms with Crippen LogP contribution < -0.4 is 5.73 Å². The molecule has 4 nitrogen and oxygen atoms in total. The zero-order chi connectivity index (χ0) is 14.9. The van der Waals surface area contributed by atoms with Crippen LogP contribution in [0.25, 0.3) is 0 Å². The number of sulfonamides is 1. The van der Waals surface area contributed by atoms with Crippen molar-refractivity contribution in [3.63, 3.8) is 0 Å². The average Bonchev–Trinajstić information content (AvgIpc) is 2.41. The molecule has 1 heterocycles. The highest BCUT2D eigenvalue weighted by Crippen LogP contribution is 2.28. The number of aryl methyl sites for hydroxylation is 1. The summed E-state index contributed by atoms with van der Waals surface area (Å²) < 4.78 is 27.1. The number of halogens is 1. The molecule has 1 aliphatic rings. The summed E-state index contributed by atoms with van der Waals surface area (Å²) in [6.45, 7) is 4.77. The summed E-state index contributed by atoms with van der Waals surface area (Å²) in [7, 11) is -3.49. The summed E-state index contributed by atoms with van der Waals surface area (Å²) in [5.41, 5.74) is 6.64. The Morgan fingerprint density at radius 1 is 1.45 bits per heavy atom. The summed E-state index contributed by atoms with van der Waals surface area (Å²) in [5.74, 6) is 0.220. The van der Waals surface area contributed by atoms with Crippen LogP contribution in [0.4, 0.5) is 0 Å². The Hall–Kier alpha value is -0.620. The lowest BCUT2D eigenvalue weighted by molar-refractivity contribution is 0.243. The third kappa shape index (κ3) is 3.17. The topological polar surface area (TPSA) is 63.4 Å². The molecule has 1 fully saturated rings. The van der Waals surface area contributed by atoms with Gasteiger partial charge in [0.15, 0.2) is 0 Å². The molecule has 0 aromatic heterocycles. The van der Waals surface area contributed by atoms with Crippen LogP contribution in [0.15, 0.2) is 23.1 Å². The van der Waals surface area contributed by atoms with Crippen LogP contribution in [0.2, 0.25) is 5.02 Å². The smallest absolute Gasteiger partial charge is 0.243 e. The van der Waals surface area contributed by atoms with Crippen LogP contribution in [0.3, 0.4) is 0 Å². The quantitative estimate of drug-likeness (QED) is 0.931. The molecule has 0 spiro atoms. The highest BCUT2D eigenvalue weighted by Gasteiger charge is 2.32. The second-order valence-corrected chi connectivity index (χ2v) is 7.88. The van der Waals surface area contributed by atoms with Crippen LogP contribution >= 0.6 is 11.6 Å². The highest BCUT2D eigenvalue weighted by atomic mass is 35.5. The molecule has 1 saturated heterocycles. The molecule has 1 aromatic carbocycles. The molecule has 0 radical (unpaired) electrons. The van der Waals surface area contributed by atoms with Crippen LogP contribution in [0.1, 0.15) is 25.3 Å². The average molecular weight is 317 g/mol. The van der Waals surface area contributed by atoms with Gasteiger partial charge < -0.3 is 5.73 Å². The normalized spacial score (nSPS) is 22.7. The SMILES string of the molecule is Cc1ccc(Cl)cc1S(=O)(=O)N1CCC[C@H]([C@H](C)N)C1. The first-order valence-corrected chi connectivity index (χ1v) is 8.66. The highest BCUT2D eigenvalue weighted by molar-refractivity contribution is 7.89.